The van der Waals surface area contributed by atoms with Crippen LogP contribution >= 0.6 is 23.7 Å². The lowest BCUT2D eigenvalue weighted by molar-refractivity contribution is 0.0983. The van der Waals surface area contributed by atoms with Crippen molar-refractivity contribution in [2.75, 3.05) is 41.9 Å². The molecule has 40 heavy (non-hydrogen) atoms. The number of likely N-dealkylation sites (N-methyl/N-ethyl adjacent to an activating group) is 1. The highest BCUT2D eigenvalue weighted by atomic mass is 35.5. The van der Waals surface area contributed by atoms with Gasteiger partial charge in [0.15, 0.2) is 10.9 Å². The molecular formula is C28H31ClF2N4O3S2. The fourth-order valence-corrected chi connectivity index (χ4v) is 6.77. The third kappa shape index (κ3) is 6.60. The van der Waals surface area contributed by atoms with E-state index in [1.165, 1.54) is 39.5 Å². The van der Waals surface area contributed by atoms with E-state index in [4.69, 9.17) is 0 Å². The number of carbonyl (C=O) groups excluding carboxylic acids is 1. The molecule has 3 aromatic carbocycles. The van der Waals surface area contributed by atoms with Crippen LogP contribution in [0, 0.1) is 11.6 Å². The first-order valence-electron chi connectivity index (χ1n) is 12.7. The van der Waals surface area contributed by atoms with Crippen LogP contribution in [0.2, 0.25) is 0 Å². The van der Waals surface area contributed by atoms with Crippen LogP contribution < -0.4 is 9.21 Å². The zero-order valence-corrected chi connectivity index (χ0v) is 24.8. The molecule has 0 radical (unpaired) electrons. The lowest BCUT2D eigenvalue weighted by atomic mass is 10.2. The molecule has 4 aromatic rings. The fraction of sp³-hybridized carbons (Fsp3) is 0.286. The van der Waals surface area contributed by atoms with Gasteiger partial charge >= 0.3 is 0 Å². The molecule has 0 spiro atoms. The van der Waals surface area contributed by atoms with Crippen molar-refractivity contribution in [3.63, 3.8) is 0 Å². The summed E-state index contributed by atoms with van der Waals surface area (Å²) >= 11 is 1.03. The molecule has 1 heterocycles. The van der Waals surface area contributed by atoms with Crippen LogP contribution in [0.1, 0.15) is 31.1 Å². The number of aromatic nitrogens is 1. The van der Waals surface area contributed by atoms with Gasteiger partial charge in [-0.1, -0.05) is 43.4 Å². The van der Waals surface area contributed by atoms with Crippen molar-refractivity contribution in [3.8, 4) is 0 Å². The topological polar surface area (TPSA) is 73.8 Å². The van der Waals surface area contributed by atoms with Gasteiger partial charge in [-0.3, -0.25) is 14.0 Å². The fourth-order valence-electron chi connectivity index (χ4n) is 4.26. The third-order valence-corrected chi connectivity index (χ3v) is 9.38. The summed E-state index contributed by atoms with van der Waals surface area (Å²) in [4.78, 5) is 21.6. The number of thiazole rings is 1. The van der Waals surface area contributed by atoms with Crippen molar-refractivity contribution in [1.82, 2.24) is 9.88 Å². The van der Waals surface area contributed by atoms with Crippen LogP contribution in [0.15, 0.2) is 71.6 Å². The van der Waals surface area contributed by atoms with Crippen molar-refractivity contribution in [2.45, 2.75) is 25.7 Å². The Morgan fingerprint density at radius 2 is 1.55 bits per heavy atom. The number of fused-ring (bicyclic) bond motifs is 1. The first kappa shape index (κ1) is 31.4. The Balaban J connectivity index is 0.00000441. The minimum Gasteiger partial charge on any atom is -0.302 e. The summed E-state index contributed by atoms with van der Waals surface area (Å²) in [6.45, 7) is 8.38. The molecule has 0 saturated carbocycles. The highest BCUT2D eigenvalue weighted by Gasteiger charge is 2.26. The molecule has 214 valence electrons. The van der Waals surface area contributed by atoms with Crippen LogP contribution in [0.4, 0.5) is 19.6 Å². The van der Waals surface area contributed by atoms with Crippen molar-refractivity contribution < 1.29 is 22.0 Å². The maximum Gasteiger partial charge on any atom is 0.264 e. The van der Waals surface area contributed by atoms with Crippen molar-refractivity contribution >= 4 is 60.7 Å². The highest BCUT2D eigenvalue weighted by molar-refractivity contribution is 7.92. The first-order chi connectivity index (χ1) is 18.7. The van der Waals surface area contributed by atoms with Crippen molar-refractivity contribution in [2.24, 2.45) is 0 Å². The second-order valence-electron chi connectivity index (χ2n) is 8.74. The van der Waals surface area contributed by atoms with Gasteiger partial charge in [0.1, 0.15) is 11.3 Å². The van der Waals surface area contributed by atoms with Crippen LogP contribution in [0.25, 0.3) is 10.2 Å². The summed E-state index contributed by atoms with van der Waals surface area (Å²) in [6, 6.07) is 16.5. The predicted octanol–water partition coefficient (Wildman–Crippen LogP) is 6.20. The molecular weight excluding hydrogens is 578 g/mol. The van der Waals surface area contributed by atoms with Gasteiger partial charge in [-0.25, -0.2) is 22.2 Å². The van der Waals surface area contributed by atoms with E-state index in [1.807, 2.05) is 19.9 Å². The standard InChI is InChI=1S/C28H30F2N4O3S2.ClH/c1-4-32(5-2)16-17-33(28-31-26-24(30)18-21(29)19-25(26)38-28)27(35)20-12-14-23(15-13-20)39(36,37)34(6-3)22-10-8-7-9-11-22;/h7-15,18-19H,4-6,16-17H2,1-3H3;1H. The number of rotatable bonds is 11. The first-order valence-corrected chi connectivity index (χ1v) is 14.9. The number of anilines is 2. The SMILES string of the molecule is CCN(CC)CCN(C(=O)c1ccc(S(=O)(=O)N(CC)c2ccccc2)cc1)c1nc2c(F)cc(F)cc2s1.Cl. The van der Waals surface area contributed by atoms with E-state index >= 15 is 0 Å². The molecule has 0 aliphatic rings. The van der Waals surface area contributed by atoms with E-state index in [1.54, 1.807) is 31.2 Å². The number of carbonyl (C=O) groups is 1. The summed E-state index contributed by atoms with van der Waals surface area (Å²) in [5.74, 6) is -1.93. The smallest absolute Gasteiger partial charge is 0.264 e. The third-order valence-electron chi connectivity index (χ3n) is 6.43. The van der Waals surface area contributed by atoms with Crippen LogP contribution in [-0.2, 0) is 10.0 Å². The molecule has 0 aliphatic carbocycles. The van der Waals surface area contributed by atoms with Crippen LogP contribution in [0.5, 0.6) is 0 Å². The molecule has 0 N–H and O–H groups in total. The van der Waals surface area contributed by atoms with E-state index in [2.05, 4.69) is 9.88 Å². The van der Waals surface area contributed by atoms with E-state index in [0.717, 1.165) is 30.5 Å². The maximum absolute atomic E-state index is 14.4. The summed E-state index contributed by atoms with van der Waals surface area (Å²) in [5, 5.41) is 0.240. The molecule has 0 bridgehead atoms. The zero-order chi connectivity index (χ0) is 28.2. The number of hydrogen-bond donors (Lipinski definition) is 0. The van der Waals surface area contributed by atoms with E-state index < -0.39 is 27.6 Å². The van der Waals surface area contributed by atoms with Gasteiger partial charge in [0.25, 0.3) is 15.9 Å². The minimum absolute atomic E-state index is 0. The van der Waals surface area contributed by atoms with Crippen LogP contribution in [-0.4, -0.2) is 56.9 Å². The summed E-state index contributed by atoms with van der Waals surface area (Å²) in [5.41, 5.74) is 0.795. The van der Waals surface area contributed by atoms with Gasteiger partial charge in [-0.2, -0.15) is 0 Å². The Kier molecular flexibility index (Phi) is 10.6. The average Bonchev–Trinajstić information content (AvgIpc) is 3.36. The number of nitrogens with zero attached hydrogens (tertiary/aromatic N) is 4. The molecule has 0 aliphatic heterocycles. The van der Waals surface area contributed by atoms with Gasteiger partial charge < -0.3 is 4.90 Å². The van der Waals surface area contributed by atoms with Gasteiger partial charge in [0, 0.05) is 31.3 Å². The molecule has 4 rings (SSSR count). The largest absolute Gasteiger partial charge is 0.302 e. The lowest BCUT2D eigenvalue weighted by Gasteiger charge is -2.25. The van der Waals surface area contributed by atoms with E-state index in [0.29, 0.717) is 16.9 Å². The van der Waals surface area contributed by atoms with Crippen molar-refractivity contribution in [3.05, 3.63) is 83.9 Å². The van der Waals surface area contributed by atoms with Gasteiger partial charge in [-0.15, -0.1) is 12.4 Å². The highest BCUT2D eigenvalue weighted by Crippen LogP contribution is 2.32. The summed E-state index contributed by atoms with van der Waals surface area (Å²) < 4.78 is 56.5. The molecule has 0 saturated heterocycles. The number of para-hydroxylation sites is 1. The normalized spacial score (nSPS) is 11.4. The van der Waals surface area contributed by atoms with Crippen molar-refractivity contribution in [1.29, 1.82) is 0 Å². The number of benzene rings is 3. The second kappa shape index (κ2) is 13.5. The zero-order valence-electron chi connectivity index (χ0n) is 22.4. The monoisotopic (exact) mass is 608 g/mol. The molecule has 0 fully saturated rings. The molecule has 12 heteroatoms. The molecule has 7 nitrogen and oxygen atoms in total. The Hall–Kier alpha value is -3.12. The predicted molar refractivity (Wildman–Crippen MR) is 159 cm³/mol. The van der Waals surface area contributed by atoms with Gasteiger partial charge in [0.2, 0.25) is 0 Å². The summed E-state index contributed by atoms with van der Waals surface area (Å²) in [7, 11) is -3.86. The number of sulfonamides is 1. The second-order valence-corrected chi connectivity index (χ2v) is 11.6. The Labute approximate surface area is 243 Å². The molecule has 1 amide bonds. The molecule has 1 aromatic heterocycles. The van der Waals surface area contributed by atoms with E-state index in [-0.39, 0.29) is 46.6 Å². The minimum atomic E-state index is -3.86. The number of halogens is 3. The number of amides is 1. The quantitative estimate of drug-likeness (QED) is 0.203. The van der Waals surface area contributed by atoms with Gasteiger partial charge in [0.05, 0.1) is 15.3 Å². The lowest BCUT2D eigenvalue weighted by Crippen LogP contribution is -2.39. The Morgan fingerprint density at radius 3 is 2.15 bits per heavy atom. The Morgan fingerprint density at radius 1 is 0.900 bits per heavy atom. The molecule has 0 unspecified atom stereocenters. The maximum atomic E-state index is 14.4. The van der Waals surface area contributed by atoms with E-state index in [9.17, 15) is 22.0 Å². The Bertz CT molecular complexity index is 1550. The number of hydrogen-bond acceptors (Lipinski definition) is 6. The van der Waals surface area contributed by atoms with Gasteiger partial charge in [-0.05, 0) is 62.5 Å². The average molecular weight is 609 g/mol. The van der Waals surface area contributed by atoms with Crippen LogP contribution in [0.3, 0.4) is 0 Å². The summed E-state index contributed by atoms with van der Waals surface area (Å²) in [6.07, 6.45) is 0. The molecule has 0 atom stereocenters.